The topological polar surface area (TPSA) is 26.7 Å². The first kappa shape index (κ1) is 15.9. The molecule has 1 aliphatic rings. The lowest BCUT2D eigenvalue weighted by Gasteiger charge is -2.20. The molecule has 16 heavy (non-hydrogen) atoms. The quantitative estimate of drug-likeness (QED) is 0.780. The highest BCUT2D eigenvalue weighted by molar-refractivity contribution is 4.58. The van der Waals surface area contributed by atoms with Crippen molar-refractivity contribution in [3.05, 3.63) is 0 Å². The van der Waals surface area contributed by atoms with Gasteiger partial charge in [-0.2, -0.15) is 0 Å². The Morgan fingerprint density at radius 1 is 1.12 bits per heavy atom. The average molecular weight is 230 g/mol. The van der Waals surface area contributed by atoms with E-state index in [9.17, 15) is 0 Å². The maximum absolute atomic E-state index is 8.49. The predicted molar refractivity (Wildman–Crippen MR) is 70.8 cm³/mol. The zero-order chi connectivity index (χ0) is 12.2. The second-order valence-corrected chi connectivity index (χ2v) is 4.74. The molecule has 0 aliphatic carbocycles. The molecule has 3 nitrogen and oxygen atoms in total. The van der Waals surface area contributed by atoms with Gasteiger partial charge in [0.15, 0.2) is 0 Å². The van der Waals surface area contributed by atoms with Crippen molar-refractivity contribution in [2.45, 2.75) is 39.0 Å². The van der Waals surface area contributed by atoms with E-state index < -0.39 is 0 Å². The molecule has 98 valence electrons. The lowest BCUT2D eigenvalue weighted by atomic mass is 10.1. The van der Waals surface area contributed by atoms with E-state index in [1.165, 1.54) is 45.2 Å². The van der Waals surface area contributed by atoms with Crippen molar-refractivity contribution in [1.29, 1.82) is 0 Å². The molecule has 1 rings (SSSR count). The summed E-state index contributed by atoms with van der Waals surface area (Å²) in [6, 6.07) is 0. The molecule has 0 spiro atoms. The maximum atomic E-state index is 8.49. The highest BCUT2D eigenvalue weighted by atomic mass is 16.3. The van der Waals surface area contributed by atoms with E-state index in [1.807, 2.05) is 7.05 Å². The summed E-state index contributed by atoms with van der Waals surface area (Å²) >= 11 is 0. The van der Waals surface area contributed by atoms with Crippen LogP contribution >= 0.6 is 0 Å². The molecular weight excluding hydrogens is 200 g/mol. The fourth-order valence-corrected chi connectivity index (χ4v) is 1.76. The molecule has 1 N–H and O–H groups in total. The smallest absolute Gasteiger partial charge is 0.0558 e. The van der Waals surface area contributed by atoms with E-state index >= 15 is 0 Å². The fourth-order valence-electron chi connectivity index (χ4n) is 1.76. The average Bonchev–Trinajstić information content (AvgIpc) is 2.29. The van der Waals surface area contributed by atoms with Crippen molar-refractivity contribution in [1.82, 2.24) is 9.80 Å². The fraction of sp³-hybridized carbons (Fsp3) is 1.00. The molecule has 1 heterocycles. The van der Waals surface area contributed by atoms with Crippen LogP contribution in [-0.4, -0.2) is 61.8 Å². The Morgan fingerprint density at radius 2 is 1.75 bits per heavy atom. The minimum Gasteiger partial charge on any atom is -0.395 e. The van der Waals surface area contributed by atoms with Crippen molar-refractivity contribution in [2.24, 2.45) is 0 Å². The number of hydrogen-bond acceptors (Lipinski definition) is 3. The molecule has 3 heteroatoms. The van der Waals surface area contributed by atoms with Crippen molar-refractivity contribution in [3.63, 3.8) is 0 Å². The summed E-state index contributed by atoms with van der Waals surface area (Å²) in [5.74, 6) is 0. The van der Waals surface area contributed by atoms with Crippen LogP contribution in [0, 0.1) is 0 Å². The summed E-state index contributed by atoms with van der Waals surface area (Å²) in [5, 5.41) is 8.49. The Labute approximate surface area is 101 Å². The Balaban J connectivity index is 0.000000288. The van der Waals surface area contributed by atoms with Gasteiger partial charge in [-0.25, -0.2) is 0 Å². The van der Waals surface area contributed by atoms with Crippen LogP contribution < -0.4 is 0 Å². The number of likely N-dealkylation sites (N-methyl/N-ethyl adjacent to an activating group) is 1. The third-order valence-electron chi connectivity index (χ3n) is 2.95. The zero-order valence-corrected chi connectivity index (χ0v) is 11.4. The third kappa shape index (κ3) is 10.4. The summed E-state index contributed by atoms with van der Waals surface area (Å²) in [6.07, 6.45) is 6.74. The highest BCUT2D eigenvalue weighted by Crippen LogP contribution is 2.04. The number of aliphatic hydroxyl groups is 1. The molecule has 0 aromatic heterocycles. The van der Waals surface area contributed by atoms with Gasteiger partial charge in [-0.1, -0.05) is 19.8 Å². The molecular formula is C13H30N2O. The third-order valence-corrected chi connectivity index (χ3v) is 2.95. The van der Waals surface area contributed by atoms with Crippen LogP contribution in [0.25, 0.3) is 0 Å². The standard InChI is InChI=1S/C7H17NO.C6H13N/c1-3-4-5-8(2)6-7-9;1-7-5-3-2-4-6-7/h9H,3-7H2,1-2H3;2-6H2,1H3. The number of nitrogens with zero attached hydrogens (tertiary/aromatic N) is 2. The van der Waals surface area contributed by atoms with Gasteiger partial charge in [-0.3, -0.25) is 0 Å². The summed E-state index contributed by atoms with van der Waals surface area (Å²) in [7, 11) is 4.23. The molecule has 0 radical (unpaired) electrons. The summed E-state index contributed by atoms with van der Waals surface area (Å²) in [6.45, 7) is 7.00. The number of aliphatic hydroxyl groups excluding tert-OH is 1. The molecule has 0 saturated carbocycles. The van der Waals surface area contributed by atoms with E-state index in [4.69, 9.17) is 5.11 Å². The van der Waals surface area contributed by atoms with E-state index in [2.05, 4.69) is 23.8 Å². The van der Waals surface area contributed by atoms with Crippen molar-refractivity contribution in [2.75, 3.05) is 46.9 Å². The van der Waals surface area contributed by atoms with Crippen molar-refractivity contribution < 1.29 is 5.11 Å². The molecule has 1 aliphatic heterocycles. The summed E-state index contributed by atoms with van der Waals surface area (Å²) in [4.78, 5) is 4.53. The van der Waals surface area contributed by atoms with Crippen LogP contribution in [0.4, 0.5) is 0 Å². The van der Waals surface area contributed by atoms with Crippen molar-refractivity contribution in [3.8, 4) is 0 Å². The van der Waals surface area contributed by atoms with Gasteiger partial charge in [0.25, 0.3) is 0 Å². The van der Waals surface area contributed by atoms with Crippen molar-refractivity contribution >= 4 is 0 Å². The Hall–Kier alpha value is -0.120. The maximum Gasteiger partial charge on any atom is 0.0558 e. The second kappa shape index (κ2) is 11.4. The van der Waals surface area contributed by atoms with E-state index in [-0.39, 0.29) is 6.61 Å². The van der Waals surface area contributed by atoms with Crippen LogP contribution in [-0.2, 0) is 0 Å². The molecule has 0 amide bonds. The van der Waals surface area contributed by atoms with Crippen LogP contribution in [0.15, 0.2) is 0 Å². The van der Waals surface area contributed by atoms with E-state index in [0.717, 1.165) is 13.1 Å². The van der Waals surface area contributed by atoms with Gasteiger partial charge in [-0.15, -0.1) is 0 Å². The lowest BCUT2D eigenvalue weighted by Crippen LogP contribution is -2.24. The molecule has 1 saturated heterocycles. The molecule has 0 unspecified atom stereocenters. The highest BCUT2D eigenvalue weighted by Gasteiger charge is 2.02. The van der Waals surface area contributed by atoms with Gasteiger partial charge in [0.1, 0.15) is 0 Å². The van der Waals surface area contributed by atoms with Gasteiger partial charge < -0.3 is 14.9 Å². The SMILES string of the molecule is CCCCN(C)CCO.CN1CCCCC1. The minimum absolute atomic E-state index is 0.278. The predicted octanol–water partition coefficient (Wildman–Crippen LogP) is 1.81. The summed E-state index contributed by atoms with van der Waals surface area (Å²) in [5.41, 5.74) is 0. The normalized spacial score (nSPS) is 17.1. The molecule has 0 atom stereocenters. The second-order valence-electron chi connectivity index (χ2n) is 4.74. The zero-order valence-electron chi connectivity index (χ0n) is 11.4. The number of hydrogen-bond donors (Lipinski definition) is 1. The van der Waals surface area contributed by atoms with Gasteiger partial charge in [0, 0.05) is 6.54 Å². The molecule has 0 aromatic carbocycles. The first-order chi connectivity index (χ1) is 7.70. The number of likely N-dealkylation sites (tertiary alicyclic amines) is 1. The number of unbranched alkanes of at least 4 members (excludes halogenated alkanes) is 1. The Bertz CT molecular complexity index is 136. The number of rotatable bonds is 5. The first-order valence-electron chi connectivity index (χ1n) is 6.68. The van der Waals surface area contributed by atoms with E-state index in [1.54, 1.807) is 0 Å². The van der Waals surface area contributed by atoms with Gasteiger partial charge in [0.05, 0.1) is 6.61 Å². The minimum atomic E-state index is 0.278. The first-order valence-corrected chi connectivity index (χ1v) is 6.68. The van der Waals surface area contributed by atoms with Gasteiger partial charge in [0.2, 0.25) is 0 Å². The van der Waals surface area contributed by atoms with Crippen LogP contribution in [0.2, 0.25) is 0 Å². The van der Waals surface area contributed by atoms with Crippen LogP contribution in [0.5, 0.6) is 0 Å². The van der Waals surface area contributed by atoms with Gasteiger partial charge >= 0.3 is 0 Å². The van der Waals surface area contributed by atoms with Crippen LogP contribution in [0.1, 0.15) is 39.0 Å². The largest absolute Gasteiger partial charge is 0.395 e. The summed E-state index contributed by atoms with van der Waals surface area (Å²) < 4.78 is 0. The van der Waals surface area contributed by atoms with E-state index in [0.29, 0.717) is 0 Å². The Morgan fingerprint density at radius 3 is 2.12 bits per heavy atom. The monoisotopic (exact) mass is 230 g/mol. The molecule has 0 aromatic rings. The van der Waals surface area contributed by atoms with Crippen LogP contribution in [0.3, 0.4) is 0 Å². The molecule has 1 fully saturated rings. The Kier molecular flexibility index (Phi) is 11.3. The number of piperidine rings is 1. The van der Waals surface area contributed by atoms with Gasteiger partial charge in [-0.05, 0) is 53.0 Å². The lowest BCUT2D eigenvalue weighted by molar-refractivity contribution is 0.220. The molecule has 0 bridgehead atoms.